The Labute approximate surface area is 158 Å². The molecule has 0 spiro atoms. The van der Waals surface area contributed by atoms with E-state index in [1.165, 1.54) is 50.5 Å². The quantitative estimate of drug-likeness (QED) is 0.477. The van der Waals surface area contributed by atoms with Crippen LogP contribution in [0.3, 0.4) is 0 Å². The molecule has 0 radical (unpaired) electrons. The Morgan fingerprint density at radius 3 is 2.31 bits per heavy atom. The van der Waals surface area contributed by atoms with Gasteiger partial charge in [0, 0.05) is 18.9 Å². The summed E-state index contributed by atoms with van der Waals surface area (Å²) >= 11 is 0. The van der Waals surface area contributed by atoms with Gasteiger partial charge in [-0.25, -0.2) is 0 Å². The molecule has 0 saturated carbocycles. The normalized spacial score (nSPS) is 12.4. The highest BCUT2D eigenvalue weighted by Crippen LogP contribution is 2.24. The van der Waals surface area contributed by atoms with Crippen molar-refractivity contribution >= 4 is 0 Å². The van der Waals surface area contributed by atoms with E-state index in [9.17, 15) is 0 Å². The minimum Gasteiger partial charge on any atom is -0.339 e. The SMILES string of the molecule is CCCCCCCCC(CC)c1noc(CCc2ccc(CN)cc2)n1. The van der Waals surface area contributed by atoms with Crippen molar-refractivity contribution < 1.29 is 4.52 Å². The van der Waals surface area contributed by atoms with Crippen LogP contribution in [0.4, 0.5) is 0 Å². The standard InChI is InChI=1S/C22H35N3O/c1-3-5-6-7-8-9-10-20(4-2)22-24-21(26-25-22)16-15-18-11-13-19(17-23)14-12-18/h11-14,20H,3-10,15-17,23H2,1-2H3. The molecule has 0 saturated heterocycles. The molecule has 0 bridgehead atoms. The van der Waals surface area contributed by atoms with Crippen molar-refractivity contribution in [2.75, 3.05) is 0 Å². The van der Waals surface area contributed by atoms with Crippen molar-refractivity contribution in [2.24, 2.45) is 5.73 Å². The molecule has 2 N–H and O–H groups in total. The van der Waals surface area contributed by atoms with Gasteiger partial charge in [0.25, 0.3) is 0 Å². The lowest BCUT2D eigenvalue weighted by Gasteiger charge is -2.09. The third kappa shape index (κ3) is 6.91. The van der Waals surface area contributed by atoms with Crippen LogP contribution < -0.4 is 5.73 Å². The molecule has 144 valence electrons. The zero-order chi connectivity index (χ0) is 18.6. The Hall–Kier alpha value is -1.68. The van der Waals surface area contributed by atoms with Gasteiger partial charge in [-0.05, 0) is 30.4 Å². The van der Waals surface area contributed by atoms with Crippen molar-refractivity contribution in [3.8, 4) is 0 Å². The Balaban J connectivity index is 1.76. The fourth-order valence-electron chi connectivity index (χ4n) is 3.32. The molecule has 1 heterocycles. The number of hydrogen-bond donors (Lipinski definition) is 1. The number of nitrogens with zero attached hydrogens (tertiary/aromatic N) is 2. The van der Waals surface area contributed by atoms with Crippen molar-refractivity contribution in [3.63, 3.8) is 0 Å². The van der Waals surface area contributed by atoms with Crippen LogP contribution in [0, 0.1) is 0 Å². The molecule has 2 aromatic rings. The molecule has 0 amide bonds. The van der Waals surface area contributed by atoms with Crippen LogP contribution >= 0.6 is 0 Å². The summed E-state index contributed by atoms with van der Waals surface area (Å²) in [5.74, 6) is 2.08. The van der Waals surface area contributed by atoms with Crippen molar-refractivity contribution in [1.29, 1.82) is 0 Å². The second-order valence-electron chi connectivity index (χ2n) is 7.23. The first-order valence-electron chi connectivity index (χ1n) is 10.4. The third-order valence-corrected chi connectivity index (χ3v) is 5.13. The molecule has 4 nitrogen and oxygen atoms in total. The fourth-order valence-corrected chi connectivity index (χ4v) is 3.32. The minimum atomic E-state index is 0.433. The van der Waals surface area contributed by atoms with Crippen LogP contribution in [0.25, 0.3) is 0 Å². The highest BCUT2D eigenvalue weighted by molar-refractivity contribution is 5.22. The van der Waals surface area contributed by atoms with E-state index >= 15 is 0 Å². The van der Waals surface area contributed by atoms with Crippen LogP contribution in [0.5, 0.6) is 0 Å². The maximum absolute atomic E-state index is 5.64. The fraction of sp³-hybridized carbons (Fsp3) is 0.636. The Bertz CT molecular complexity index is 606. The van der Waals surface area contributed by atoms with E-state index in [-0.39, 0.29) is 0 Å². The summed E-state index contributed by atoms with van der Waals surface area (Å²) in [5, 5.41) is 4.25. The van der Waals surface area contributed by atoms with Crippen LogP contribution in [0.15, 0.2) is 28.8 Å². The first kappa shape index (κ1) is 20.6. The van der Waals surface area contributed by atoms with Gasteiger partial charge in [-0.15, -0.1) is 0 Å². The number of hydrogen-bond acceptors (Lipinski definition) is 4. The molecule has 1 aromatic carbocycles. The van der Waals surface area contributed by atoms with E-state index < -0.39 is 0 Å². The van der Waals surface area contributed by atoms with Crippen molar-refractivity contribution in [1.82, 2.24) is 10.1 Å². The molecule has 0 aliphatic carbocycles. The number of nitrogens with two attached hydrogens (primary N) is 1. The third-order valence-electron chi connectivity index (χ3n) is 5.13. The number of aromatic nitrogens is 2. The summed E-state index contributed by atoms with van der Waals surface area (Å²) in [6, 6.07) is 8.43. The summed E-state index contributed by atoms with van der Waals surface area (Å²) in [5.41, 5.74) is 8.08. The number of rotatable bonds is 13. The van der Waals surface area contributed by atoms with Gasteiger partial charge in [-0.1, -0.05) is 81.8 Å². The summed E-state index contributed by atoms with van der Waals surface area (Å²) < 4.78 is 5.49. The average molecular weight is 358 g/mol. The van der Waals surface area contributed by atoms with Gasteiger partial charge in [-0.2, -0.15) is 4.98 Å². The Morgan fingerprint density at radius 1 is 0.923 bits per heavy atom. The van der Waals surface area contributed by atoms with Crippen LogP contribution in [-0.4, -0.2) is 10.1 Å². The van der Waals surface area contributed by atoms with E-state index in [2.05, 4.69) is 48.3 Å². The average Bonchev–Trinajstić information content (AvgIpc) is 3.15. The van der Waals surface area contributed by atoms with Crippen molar-refractivity contribution in [2.45, 2.75) is 90.5 Å². The largest absolute Gasteiger partial charge is 0.339 e. The molecule has 4 heteroatoms. The van der Waals surface area contributed by atoms with Crippen LogP contribution in [0.1, 0.15) is 94.0 Å². The van der Waals surface area contributed by atoms with Gasteiger partial charge in [0.05, 0.1) is 0 Å². The molecule has 26 heavy (non-hydrogen) atoms. The second-order valence-corrected chi connectivity index (χ2v) is 7.23. The van der Waals surface area contributed by atoms with Gasteiger partial charge in [0.2, 0.25) is 5.89 Å². The lowest BCUT2D eigenvalue weighted by atomic mass is 9.97. The zero-order valence-electron chi connectivity index (χ0n) is 16.5. The molecule has 0 aliphatic heterocycles. The predicted octanol–water partition coefficient (Wildman–Crippen LogP) is 5.56. The van der Waals surface area contributed by atoms with Crippen LogP contribution in [0.2, 0.25) is 0 Å². The summed E-state index contributed by atoms with van der Waals surface area (Å²) in [4.78, 5) is 4.66. The number of aryl methyl sites for hydroxylation is 2. The Kier molecular flexibility index (Phi) is 9.40. The summed E-state index contributed by atoms with van der Waals surface area (Å²) in [6.07, 6.45) is 11.9. The molecule has 1 aromatic heterocycles. The highest BCUT2D eigenvalue weighted by atomic mass is 16.5. The maximum Gasteiger partial charge on any atom is 0.226 e. The van der Waals surface area contributed by atoms with E-state index in [0.29, 0.717) is 12.5 Å². The number of benzene rings is 1. The molecule has 1 atom stereocenters. The molecular formula is C22H35N3O. The molecular weight excluding hydrogens is 322 g/mol. The molecule has 2 rings (SSSR count). The predicted molar refractivity (Wildman–Crippen MR) is 107 cm³/mol. The second kappa shape index (κ2) is 11.8. The topological polar surface area (TPSA) is 64.9 Å². The zero-order valence-corrected chi connectivity index (χ0v) is 16.5. The molecule has 0 aliphatic rings. The monoisotopic (exact) mass is 357 g/mol. The molecule has 1 unspecified atom stereocenters. The van der Waals surface area contributed by atoms with Gasteiger partial charge >= 0.3 is 0 Å². The van der Waals surface area contributed by atoms with Crippen molar-refractivity contribution in [3.05, 3.63) is 47.1 Å². The summed E-state index contributed by atoms with van der Waals surface area (Å²) in [7, 11) is 0. The van der Waals surface area contributed by atoms with E-state index in [0.717, 1.165) is 36.5 Å². The minimum absolute atomic E-state index is 0.433. The first-order valence-corrected chi connectivity index (χ1v) is 10.4. The van der Waals surface area contributed by atoms with Gasteiger partial charge in [-0.3, -0.25) is 0 Å². The van der Waals surface area contributed by atoms with E-state index in [4.69, 9.17) is 10.3 Å². The first-order chi connectivity index (χ1) is 12.8. The van der Waals surface area contributed by atoms with E-state index in [1.54, 1.807) is 0 Å². The van der Waals surface area contributed by atoms with Crippen LogP contribution in [-0.2, 0) is 19.4 Å². The van der Waals surface area contributed by atoms with E-state index in [1.807, 2.05) is 0 Å². The lowest BCUT2D eigenvalue weighted by Crippen LogP contribution is -2.01. The van der Waals surface area contributed by atoms with Gasteiger partial charge in [0.1, 0.15) is 0 Å². The smallest absolute Gasteiger partial charge is 0.226 e. The highest BCUT2D eigenvalue weighted by Gasteiger charge is 2.16. The lowest BCUT2D eigenvalue weighted by molar-refractivity contribution is 0.366. The van der Waals surface area contributed by atoms with Gasteiger partial charge < -0.3 is 10.3 Å². The summed E-state index contributed by atoms with van der Waals surface area (Å²) in [6.45, 7) is 5.07. The Morgan fingerprint density at radius 2 is 1.62 bits per heavy atom. The van der Waals surface area contributed by atoms with Gasteiger partial charge in [0.15, 0.2) is 5.82 Å². The molecule has 0 fully saturated rings. The maximum atomic E-state index is 5.64. The number of unbranched alkanes of at least 4 members (excludes halogenated alkanes) is 5.